The number of aromatic nitrogens is 5. The Kier molecular flexibility index (Phi) is 12.0. The summed E-state index contributed by atoms with van der Waals surface area (Å²) in [5.41, 5.74) is 4.29. The molecule has 6 aromatic rings. The maximum atomic E-state index is 13.3. The van der Waals surface area contributed by atoms with Gasteiger partial charge in [-0.1, -0.05) is 48.1 Å². The van der Waals surface area contributed by atoms with Gasteiger partial charge in [-0.3, -0.25) is 38.9 Å². The minimum Gasteiger partial charge on any atom is -0.487 e. The number of aryl methyl sites for hydroxylation is 2. The van der Waals surface area contributed by atoms with E-state index in [-0.39, 0.29) is 42.7 Å². The van der Waals surface area contributed by atoms with E-state index in [0.29, 0.717) is 53.6 Å². The molecule has 5 heterocycles. The Balaban J connectivity index is 0.833. The van der Waals surface area contributed by atoms with E-state index in [9.17, 15) is 24.0 Å². The Labute approximate surface area is 353 Å². The topological polar surface area (TPSA) is 192 Å². The zero-order valence-electron chi connectivity index (χ0n) is 33.2. The van der Waals surface area contributed by atoms with Crippen LogP contribution >= 0.6 is 11.9 Å². The zero-order valence-corrected chi connectivity index (χ0v) is 34.0. The van der Waals surface area contributed by atoms with Crippen LogP contribution in [0.1, 0.15) is 58.2 Å². The smallest absolute Gasteiger partial charge is 0.274 e. The third-order valence-electron chi connectivity index (χ3n) is 10.0. The lowest BCUT2D eigenvalue weighted by Crippen LogP contribution is -2.54. The van der Waals surface area contributed by atoms with Crippen molar-refractivity contribution in [2.45, 2.75) is 45.4 Å². The van der Waals surface area contributed by atoms with Gasteiger partial charge in [0.05, 0.1) is 17.3 Å². The second kappa shape index (κ2) is 18.0. The number of nitrogens with one attached hydrogen (secondary N) is 3. The molecule has 1 atom stereocenters. The fourth-order valence-electron chi connectivity index (χ4n) is 7.16. The molecule has 0 radical (unpaired) electrons. The van der Waals surface area contributed by atoms with Crippen LogP contribution in [0.25, 0.3) is 22.0 Å². The minimum atomic E-state index is -1.05. The van der Waals surface area contributed by atoms with Gasteiger partial charge in [0.15, 0.2) is 0 Å². The molecule has 2 aliphatic rings. The highest BCUT2D eigenvalue weighted by molar-refractivity contribution is 8.00. The number of carbonyl (C=O) groups is 4. The molecule has 0 bridgehead atoms. The summed E-state index contributed by atoms with van der Waals surface area (Å²) >= 11 is 1.59. The third kappa shape index (κ3) is 8.76. The number of anilines is 1. The molecule has 16 nitrogen and oxygen atoms in total. The second-order valence-electron chi connectivity index (χ2n) is 14.2. The number of piperidine rings is 1. The van der Waals surface area contributed by atoms with E-state index in [0.717, 1.165) is 32.9 Å². The van der Waals surface area contributed by atoms with E-state index in [1.807, 2.05) is 48.7 Å². The number of ether oxygens (including phenoxy) is 3. The summed E-state index contributed by atoms with van der Waals surface area (Å²) in [6.45, 7) is 3.28. The first kappa shape index (κ1) is 40.6. The number of nitrogens with zero attached hydrogens (tertiary/aromatic N) is 5. The summed E-state index contributed by atoms with van der Waals surface area (Å²) in [6, 6.07) is 18.9. The van der Waals surface area contributed by atoms with Gasteiger partial charge in [0.25, 0.3) is 17.4 Å². The standard InChI is InChI=1S/C44H40N8O8S/c1-3-61-48-28-13-15-37(34(22-28)35-25-50(2)44(57)40-32(35)17-18-45-40)60-31-11-5-10-30(23-31)59-26-29-24-51(49-47-29)19-7-21-58-20-6-9-27-8-4-12-33-39(27)43(56)52(42(33)55)36-14-16-38(53)46-41(36)54/h4-5,8,10-13,15,17-18,22-25,36,45,48H,3,7,14,16,19-21,26H2,1-2H3,(H,46,53,54). The molecule has 1 fully saturated rings. The number of benzene rings is 3. The number of rotatable bonds is 15. The monoisotopic (exact) mass is 840 g/mol. The highest BCUT2D eigenvalue weighted by atomic mass is 32.2. The van der Waals surface area contributed by atoms with Gasteiger partial charge in [-0.05, 0) is 61.4 Å². The van der Waals surface area contributed by atoms with E-state index < -0.39 is 29.7 Å². The fourth-order valence-corrected chi connectivity index (χ4v) is 7.60. The summed E-state index contributed by atoms with van der Waals surface area (Å²) in [6.07, 6.45) is 6.14. The average Bonchev–Trinajstić information content (AvgIpc) is 4.00. The number of aromatic amines is 1. The molecule has 0 aliphatic carbocycles. The summed E-state index contributed by atoms with van der Waals surface area (Å²) in [4.78, 5) is 67.1. The number of carbonyl (C=O) groups excluding carboxylic acids is 4. The number of H-pyrrole nitrogens is 1. The molecule has 8 rings (SSSR count). The van der Waals surface area contributed by atoms with Gasteiger partial charge in [-0.25, -0.2) is 0 Å². The van der Waals surface area contributed by atoms with Crippen LogP contribution in [0.15, 0.2) is 90.1 Å². The van der Waals surface area contributed by atoms with Crippen LogP contribution in [0.4, 0.5) is 5.69 Å². The van der Waals surface area contributed by atoms with E-state index in [1.165, 1.54) is 6.07 Å². The summed E-state index contributed by atoms with van der Waals surface area (Å²) < 4.78 is 24.8. The number of amides is 4. The van der Waals surface area contributed by atoms with Crippen LogP contribution in [0.5, 0.6) is 17.2 Å². The van der Waals surface area contributed by atoms with Crippen LogP contribution in [0, 0.1) is 11.8 Å². The first-order valence-corrected chi connectivity index (χ1v) is 20.6. The molecule has 0 saturated carbocycles. The fraction of sp³-hybridized carbons (Fsp3) is 0.250. The van der Waals surface area contributed by atoms with Gasteiger partial charge in [0.2, 0.25) is 11.8 Å². The maximum Gasteiger partial charge on any atom is 0.274 e. The molecule has 61 heavy (non-hydrogen) atoms. The summed E-state index contributed by atoms with van der Waals surface area (Å²) in [5, 5.41) is 11.4. The number of fused-ring (bicyclic) bond motifs is 2. The van der Waals surface area contributed by atoms with Crippen LogP contribution in [0.3, 0.4) is 0 Å². The van der Waals surface area contributed by atoms with Gasteiger partial charge >= 0.3 is 0 Å². The van der Waals surface area contributed by atoms with Gasteiger partial charge in [-0.15, -0.1) is 5.10 Å². The zero-order chi connectivity index (χ0) is 42.5. The predicted molar refractivity (Wildman–Crippen MR) is 227 cm³/mol. The van der Waals surface area contributed by atoms with Crippen molar-refractivity contribution in [3.8, 4) is 40.2 Å². The van der Waals surface area contributed by atoms with E-state index in [4.69, 9.17) is 14.2 Å². The quantitative estimate of drug-likeness (QED) is 0.0515. The van der Waals surface area contributed by atoms with Crippen molar-refractivity contribution in [3.05, 3.63) is 118 Å². The minimum absolute atomic E-state index is 0.0444. The molecule has 0 spiro atoms. The molecule has 3 aromatic heterocycles. The van der Waals surface area contributed by atoms with Crippen molar-refractivity contribution in [2.75, 3.05) is 23.7 Å². The van der Waals surface area contributed by atoms with Crippen LogP contribution in [-0.2, 0) is 34.5 Å². The van der Waals surface area contributed by atoms with E-state index in [1.54, 1.807) is 58.8 Å². The number of hydrogen-bond acceptors (Lipinski definition) is 12. The highest BCUT2D eigenvalue weighted by Crippen LogP contribution is 2.39. The molecule has 310 valence electrons. The molecular weight excluding hydrogens is 801 g/mol. The molecule has 2 aliphatic heterocycles. The Morgan fingerprint density at radius 3 is 2.66 bits per heavy atom. The maximum absolute atomic E-state index is 13.3. The second-order valence-corrected chi connectivity index (χ2v) is 15.3. The summed E-state index contributed by atoms with van der Waals surface area (Å²) in [7, 11) is 1.73. The van der Waals surface area contributed by atoms with Crippen LogP contribution in [-0.4, -0.2) is 78.1 Å². The van der Waals surface area contributed by atoms with Crippen molar-refractivity contribution in [2.24, 2.45) is 7.05 Å². The molecule has 3 N–H and O–H groups in total. The van der Waals surface area contributed by atoms with Crippen molar-refractivity contribution in [1.29, 1.82) is 0 Å². The number of pyridine rings is 1. The highest BCUT2D eigenvalue weighted by Gasteiger charge is 2.45. The van der Waals surface area contributed by atoms with E-state index in [2.05, 4.69) is 44.1 Å². The normalized spacial score (nSPS) is 14.8. The molecule has 1 saturated heterocycles. The Morgan fingerprint density at radius 2 is 1.80 bits per heavy atom. The first-order valence-electron chi connectivity index (χ1n) is 19.6. The predicted octanol–water partition coefficient (Wildman–Crippen LogP) is 5.44. The van der Waals surface area contributed by atoms with Crippen LogP contribution < -0.4 is 25.1 Å². The number of hydrogen-bond donors (Lipinski definition) is 3. The first-order chi connectivity index (χ1) is 29.7. The molecule has 4 amide bonds. The molecule has 1 unspecified atom stereocenters. The molecule has 3 aromatic carbocycles. The lowest BCUT2D eigenvalue weighted by molar-refractivity contribution is -0.136. The van der Waals surface area contributed by atoms with Crippen molar-refractivity contribution in [3.63, 3.8) is 0 Å². The largest absolute Gasteiger partial charge is 0.487 e. The van der Waals surface area contributed by atoms with E-state index >= 15 is 0 Å². The Hall–Kier alpha value is -7.16. The lowest BCUT2D eigenvalue weighted by Gasteiger charge is -2.27. The average molecular weight is 841 g/mol. The van der Waals surface area contributed by atoms with Crippen LogP contribution in [0.2, 0.25) is 0 Å². The Morgan fingerprint density at radius 1 is 0.951 bits per heavy atom. The van der Waals surface area contributed by atoms with Crippen molar-refractivity contribution < 1.29 is 33.4 Å². The van der Waals surface area contributed by atoms with Crippen molar-refractivity contribution in [1.82, 2.24) is 34.8 Å². The van der Waals surface area contributed by atoms with Gasteiger partial charge in [0, 0.05) is 78.6 Å². The third-order valence-corrected chi connectivity index (χ3v) is 10.7. The van der Waals surface area contributed by atoms with Crippen molar-refractivity contribution >= 4 is 52.2 Å². The van der Waals surface area contributed by atoms with Gasteiger partial charge in [-0.2, -0.15) is 0 Å². The lowest BCUT2D eigenvalue weighted by atomic mass is 10.0. The molecular formula is C44H40N8O8S. The SMILES string of the molecule is CCSNc1ccc(Oc2cccc(OCc3cn(CCCOCC#Cc4cccc5c4C(=O)N(C4CCC(=O)NC4=O)C5=O)nn3)c2)c(-c2cn(C)c(=O)c3[nH]ccc23)c1. The molecule has 17 heteroatoms. The Bertz CT molecular complexity index is 2800. The van der Waals surface area contributed by atoms with Gasteiger partial charge < -0.3 is 28.5 Å². The summed E-state index contributed by atoms with van der Waals surface area (Å²) in [5.74, 6) is 6.19. The number of imide groups is 2. The van der Waals surface area contributed by atoms with Gasteiger partial charge in [0.1, 0.15) is 47.7 Å².